The molecule has 0 aromatic heterocycles. The van der Waals surface area contributed by atoms with E-state index in [1.165, 1.54) is 0 Å². The first-order valence-electron chi connectivity index (χ1n) is 5.79. The Kier molecular flexibility index (Phi) is 4.06. The van der Waals surface area contributed by atoms with Gasteiger partial charge >= 0.3 is 0 Å². The van der Waals surface area contributed by atoms with Crippen LogP contribution in [0.4, 0.5) is 11.4 Å². The first-order valence-corrected chi connectivity index (χ1v) is 6.87. The van der Waals surface area contributed by atoms with Gasteiger partial charge < -0.3 is 10.1 Å². The Morgan fingerprint density at radius 2 is 2.28 bits per heavy atom. The number of halogens is 1. The van der Waals surface area contributed by atoms with Gasteiger partial charge in [-0.2, -0.15) is 0 Å². The maximum Gasteiger partial charge on any atom is 0.293 e. The number of benzene rings is 1. The van der Waals surface area contributed by atoms with Gasteiger partial charge in [0.15, 0.2) is 0 Å². The van der Waals surface area contributed by atoms with Crippen molar-refractivity contribution in [1.29, 1.82) is 0 Å². The Balaban J connectivity index is 2.11. The summed E-state index contributed by atoms with van der Waals surface area (Å²) in [6, 6.07) is 5.18. The molecular formula is C12H15IN2O3. The Morgan fingerprint density at radius 3 is 2.78 bits per heavy atom. The van der Waals surface area contributed by atoms with Crippen molar-refractivity contribution in [2.75, 3.05) is 19.0 Å². The summed E-state index contributed by atoms with van der Waals surface area (Å²) in [5, 5.41) is 14.1. The predicted octanol–water partition coefficient (Wildman–Crippen LogP) is 3.18. The smallest absolute Gasteiger partial charge is 0.293 e. The van der Waals surface area contributed by atoms with Crippen molar-refractivity contribution in [3.05, 3.63) is 31.9 Å². The second kappa shape index (κ2) is 5.40. The maximum atomic E-state index is 11.0. The van der Waals surface area contributed by atoms with Crippen LogP contribution in [0.15, 0.2) is 18.2 Å². The minimum absolute atomic E-state index is 0.118. The van der Waals surface area contributed by atoms with E-state index < -0.39 is 0 Å². The van der Waals surface area contributed by atoms with Crippen LogP contribution >= 0.6 is 22.6 Å². The summed E-state index contributed by atoms with van der Waals surface area (Å²) < 4.78 is 6.34. The van der Waals surface area contributed by atoms with E-state index in [2.05, 4.69) is 27.9 Å². The van der Waals surface area contributed by atoms with Gasteiger partial charge in [0, 0.05) is 23.3 Å². The number of nitro groups is 1. The van der Waals surface area contributed by atoms with Gasteiger partial charge in [-0.25, -0.2) is 0 Å². The quantitative estimate of drug-likeness (QED) is 0.497. The SMILES string of the molecule is COC1(CNc2ccc(I)cc2[N+](=O)[O-])CCC1. The van der Waals surface area contributed by atoms with Crippen molar-refractivity contribution >= 4 is 34.0 Å². The molecule has 0 heterocycles. The molecule has 1 aromatic rings. The zero-order chi connectivity index (χ0) is 13.2. The number of ether oxygens (including phenoxy) is 1. The van der Waals surface area contributed by atoms with Gasteiger partial charge in [-0.05, 0) is 54.0 Å². The number of nitrogens with zero attached hydrogens (tertiary/aromatic N) is 1. The highest BCUT2D eigenvalue weighted by Crippen LogP contribution is 2.36. The fourth-order valence-electron chi connectivity index (χ4n) is 2.09. The number of anilines is 1. The third-order valence-corrected chi connectivity index (χ3v) is 4.13. The van der Waals surface area contributed by atoms with Gasteiger partial charge in [0.2, 0.25) is 0 Å². The molecule has 1 fully saturated rings. The summed E-state index contributed by atoms with van der Waals surface area (Å²) in [7, 11) is 1.70. The van der Waals surface area contributed by atoms with Gasteiger partial charge in [-0.15, -0.1) is 0 Å². The molecule has 0 unspecified atom stereocenters. The van der Waals surface area contributed by atoms with Gasteiger partial charge in [-0.1, -0.05) is 0 Å². The molecule has 0 amide bonds. The Hall–Kier alpha value is -0.890. The fourth-order valence-corrected chi connectivity index (χ4v) is 2.56. The van der Waals surface area contributed by atoms with Gasteiger partial charge in [-0.3, -0.25) is 10.1 Å². The van der Waals surface area contributed by atoms with Crippen LogP contribution in [-0.2, 0) is 4.74 Å². The molecule has 0 bridgehead atoms. The van der Waals surface area contributed by atoms with Crippen LogP contribution in [0.2, 0.25) is 0 Å². The third-order valence-electron chi connectivity index (χ3n) is 3.46. The van der Waals surface area contributed by atoms with Crippen LogP contribution in [0.3, 0.4) is 0 Å². The van der Waals surface area contributed by atoms with E-state index in [0.29, 0.717) is 12.2 Å². The van der Waals surface area contributed by atoms with Crippen LogP contribution in [0.5, 0.6) is 0 Å². The van der Waals surface area contributed by atoms with Crippen molar-refractivity contribution in [1.82, 2.24) is 0 Å². The molecule has 18 heavy (non-hydrogen) atoms. The van der Waals surface area contributed by atoms with Crippen molar-refractivity contribution in [3.8, 4) is 0 Å². The molecule has 0 aliphatic heterocycles. The Labute approximate surface area is 119 Å². The largest absolute Gasteiger partial charge is 0.377 e. The third kappa shape index (κ3) is 2.74. The monoisotopic (exact) mass is 362 g/mol. The summed E-state index contributed by atoms with van der Waals surface area (Å²) in [6.07, 6.45) is 3.17. The first kappa shape index (κ1) is 13.5. The van der Waals surface area contributed by atoms with E-state index in [1.807, 2.05) is 6.07 Å². The van der Waals surface area contributed by atoms with E-state index in [-0.39, 0.29) is 16.2 Å². The molecule has 1 aliphatic carbocycles. The Morgan fingerprint density at radius 1 is 1.56 bits per heavy atom. The number of hydrogen-bond donors (Lipinski definition) is 1. The molecule has 1 aliphatic rings. The molecule has 6 heteroatoms. The molecular weight excluding hydrogens is 347 g/mol. The number of nitrogens with one attached hydrogen (secondary N) is 1. The average molecular weight is 362 g/mol. The summed E-state index contributed by atoms with van der Waals surface area (Å²) >= 11 is 2.07. The highest BCUT2D eigenvalue weighted by molar-refractivity contribution is 14.1. The summed E-state index contributed by atoms with van der Waals surface area (Å²) in [5.74, 6) is 0. The molecule has 98 valence electrons. The van der Waals surface area contributed by atoms with Gasteiger partial charge in [0.25, 0.3) is 5.69 Å². The minimum atomic E-state index is -0.356. The fraction of sp³-hybridized carbons (Fsp3) is 0.500. The maximum absolute atomic E-state index is 11.0. The molecule has 0 radical (unpaired) electrons. The van der Waals surface area contributed by atoms with Crippen LogP contribution in [-0.4, -0.2) is 24.2 Å². The van der Waals surface area contributed by atoms with E-state index in [9.17, 15) is 10.1 Å². The molecule has 1 aromatic carbocycles. The number of nitro benzene ring substituents is 1. The van der Waals surface area contributed by atoms with E-state index >= 15 is 0 Å². The second-order valence-electron chi connectivity index (χ2n) is 4.51. The Bertz CT molecular complexity index is 455. The minimum Gasteiger partial charge on any atom is -0.377 e. The van der Waals surface area contributed by atoms with Crippen LogP contribution < -0.4 is 5.32 Å². The molecule has 5 nitrogen and oxygen atoms in total. The topological polar surface area (TPSA) is 64.4 Å². The molecule has 1 saturated carbocycles. The molecule has 0 saturated heterocycles. The molecule has 0 spiro atoms. The average Bonchev–Trinajstić information content (AvgIpc) is 2.29. The zero-order valence-electron chi connectivity index (χ0n) is 10.1. The highest BCUT2D eigenvalue weighted by atomic mass is 127. The van der Waals surface area contributed by atoms with E-state index in [0.717, 1.165) is 22.8 Å². The summed E-state index contributed by atoms with van der Waals surface area (Å²) in [4.78, 5) is 10.6. The van der Waals surface area contributed by atoms with Gasteiger partial charge in [0.1, 0.15) is 5.69 Å². The molecule has 2 rings (SSSR count). The van der Waals surface area contributed by atoms with Crippen LogP contribution in [0.1, 0.15) is 19.3 Å². The summed E-state index contributed by atoms with van der Waals surface area (Å²) in [6.45, 7) is 0.616. The predicted molar refractivity (Wildman–Crippen MR) is 77.9 cm³/mol. The lowest BCUT2D eigenvalue weighted by molar-refractivity contribution is -0.384. The van der Waals surface area contributed by atoms with Crippen molar-refractivity contribution in [2.24, 2.45) is 0 Å². The zero-order valence-corrected chi connectivity index (χ0v) is 12.3. The summed E-state index contributed by atoms with van der Waals surface area (Å²) in [5.41, 5.74) is 0.535. The lowest BCUT2D eigenvalue weighted by atomic mass is 9.80. The number of methoxy groups -OCH3 is 1. The molecule has 1 N–H and O–H groups in total. The standard InChI is InChI=1S/C12H15IN2O3/c1-18-12(5-2-6-12)8-14-10-4-3-9(13)7-11(10)15(16)17/h3-4,7,14H,2,5-6,8H2,1H3. The first-order chi connectivity index (χ1) is 8.56. The van der Waals surface area contributed by atoms with Crippen molar-refractivity contribution < 1.29 is 9.66 Å². The van der Waals surface area contributed by atoms with E-state index in [1.54, 1.807) is 19.2 Å². The van der Waals surface area contributed by atoms with Crippen LogP contribution in [0, 0.1) is 13.7 Å². The van der Waals surface area contributed by atoms with Crippen LogP contribution in [0.25, 0.3) is 0 Å². The number of rotatable bonds is 5. The lowest BCUT2D eigenvalue weighted by Gasteiger charge is -2.40. The lowest BCUT2D eigenvalue weighted by Crippen LogP contribution is -2.45. The second-order valence-corrected chi connectivity index (χ2v) is 5.76. The number of hydrogen-bond acceptors (Lipinski definition) is 4. The molecule has 0 atom stereocenters. The van der Waals surface area contributed by atoms with Crippen molar-refractivity contribution in [2.45, 2.75) is 24.9 Å². The highest BCUT2D eigenvalue weighted by Gasteiger charge is 2.37. The normalized spacial score (nSPS) is 17.0. The van der Waals surface area contributed by atoms with Crippen molar-refractivity contribution in [3.63, 3.8) is 0 Å². The van der Waals surface area contributed by atoms with E-state index in [4.69, 9.17) is 4.74 Å². The van der Waals surface area contributed by atoms with Gasteiger partial charge in [0.05, 0.1) is 10.5 Å².